The van der Waals surface area contributed by atoms with Gasteiger partial charge in [0.2, 0.25) is 0 Å². The van der Waals surface area contributed by atoms with Crippen molar-refractivity contribution < 1.29 is 9.84 Å². The lowest BCUT2D eigenvalue weighted by molar-refractivity contribution is 0.122. The molecule has 0 unspecified atom stereocenters. The second-order valence-electron chi connectivity index (χ2n) is 3.81. The van der Waals surface area contributed by atoms with Gasteiger partial charge in [0.25, 0.3) is 0 Å². The summed E-state index contributed by atoms with van der Waals surface area (Å²) in [5.74, 6) is 0.908. The minimum Gasteiger partial charge on any atom is -0.490 e. The number of aliphatic hydroxyl groups excluding tert-OH is 1. The summed E-state index contributed by atoms with van der Waals surface area (Å²) < 4.78 is 5.56. The molecule has 1 aromatic carbocycles. The summed E-state index contributed by atoms with van der Waals surface area (Å²) in [4.78, 5) is 0. The topological polar surface area (TPSA) is 29.5 Å². The highest BCUT2D eigenvalue weighted by atomic mass is 16.5. The molecule has 0 saturated heterocycles. The van der Waals surface area contributed by atoms with E-state index in [1.807, 2.05) is 19.9 Å². The highest BCUT2D eigenvalue weighted by Crippen LogP contribution is 2.25. The fourth-order valence-corrected chi connectivity index (χ4v) is 1.35. The maximum Gasteiger partial charge on any atom is 0.125 e. The number of hydrogen-bond acceptors (Lipinski definition) is 2. The van der Waals surface area contributed by atoms with Crippen LogP contribution in [0.5, 0.6) is 5.75 Å². The lowest BCUT2D eigenvalue weighted by atomic mass is 10.1. The first-order chi connectivity index (χ1) is 6.52. The van der Waals surface area contributed by atoms with Gasteiger partial charge in [0.1, 0.15) is 12.4 Å². The summed E-state index contributed by atoms with van der Waals surface area (Å²) in [5.41, 5.74) is 3.50. The smallest absolute Gasteiger partial charge is 0.125 e. The van der Waals surface area contributed by atoms with E-state index in [-0.39, 0.29) is 0 Å². The lowest BCUT2D eigenvalue weighted by Gasteiger charge is -2.14. The molecule has 0 aliphatic rings. The zero-order valence-corrected chi connectivity index (χ0v) is 9.29. The van der Waals surface area contributed by atoms with Crippen LogP contribution in [-0.4, -0.2) is 17.8 Å². The molecule has 0 heterocycles. The van der Waals surface area contributed by atoms with Gasteiger partial charge >= 0.3 is 0 Å². The molecule has 2 heteroatoms. The van der Waals surface area contributed by atoms with E-state index in [0.29, 0.717) is 6.61 Å². The number of ether oxygens (including phenoxy) is 1. The molecule has 1 rings (SSSR count). The van der Waals surface area contributed by atoms with Crippen LogP contribution in [0.2, 0.25) is 0 Å². The Balaban J connectivity index is 2.89. The monoisotopic (exact) mass is 194 g/mol. The third-order valence-electron chi connectivity index (χ3n) is 2.34. The van der Waals surface area contributed by atoms with E-state index in [4.69, 9.17) is 9.84 Å². The Morgan fingerprint density at radius 2 is 1.79 bits per heavy atom. The SMILES string of the molecule is Cc1ccc(C)c(OC[C@H](C)O)c1C. The van der Waals surface area contributed by atoms with Gasteiger partial charge < -0.3 is 9.84 Å². The number of benzene rings is 1. The first-order valence-corrected chi connectivity index (χ1v) is 4.90. The van der Waals surface area contributed by atoms with E-state index in [0.717, 1.165) is 16.9 Å². The molecule has 0 aliphatic carbocycles. The van der Waals surface area contributed by atoms with Gasteiger partial charge in [-0.2, -0.15) is 0 Å². The number of aryl methyl sites for hydroxylation is 2. The van der Waals surface area contributed by atoms with Crippen molar-refractivity contribution in [2.24, 2.45) is 0 Å². The number of rotatable bonds is 3. The second-order valence-corrected chi connectivity index (χ2v) is 3.81. The van der Waals surface area contributed by atoms with E-state index >= 15 is 0 Å². The highest BCUT2D eigenvalue weighted by molar-refractivity contribution is 5.44. The molecule has 0 aliphatic heterocycles. The molecule has 1 aromatic rings. The van der Waals surface area contributed by atoms with E-state index in [1.165, 1.54) is 5.56 Å². The molecule has 1 N–H and O–H groups in total. The Hall–Kier alpha value is -1.02. The molecule has 2 nitrogen and oxygen atoms in total. The molecule has 1 atom stereocenters. The van der Waals surface area contributed by atoms with Crippen LogP contribution in [0.1, 0.15) is 23.6 Å². The average Bonchev–Trinajstić information content (AvgIpc) is 2.11. The van der Waals surface area contributed by atoms with Crippen molar-refractivity contribution in [1.29, 1.82) is 0 Å². The van der Waals surface area contributed by atoms with Crippen molar-refractivity contribution in [3.8, 4) is 5.75 Å². The lowest BCUT2D eigenvalue weighted by Crippen LogP contribution is -2.14. The van der Waals surface area contributed by atoms with Gasteiger partial charge in [-0.1, -0.05) is 12.1 Å². The van der Waals surface area contributed by atoms with Gasteiger partial charge in [-0.15, -0.1) is 0 Å². The summed E-state index contributed by atoms with van der Waals surface area (Å²) in [6, 6.07) is 4.12. The summed E-state index contributed by atoms with van der Waals surface area (Å²) in [6.07, 6.45) is -0.422. The zero-order valence-electron chi connectivity index (χ0n) is 9.29. The highest BCUT2D eigenvalue weighted by Gasteiger charge is 2.07. The van der Waals surface area contributed by atoms with Crippen molar-refractivity contribution in [3.05, 3.63) is 28.8 Å². The van der Waals surface area contributed by atoms with Crippen LogP contribution in [0.3, 0.4) is 0 Å². The Labute approximate surface area is 85.5 Å². The van der Waals surface area contributed by atoms with Crippen LogP contribution in [0.25, 0.3) is 0 Å². The van der Waals surface area contributed by atoms with Crippen molar-refractivity contribution in [2.45, 2.75) is 33.8 Å². The van der Waals surface area contributed by atoms with Crippen molar-refractivity contribution >= 4 is 0 Å². The normalized spacial score (nSPS) is 12.6. The minimum atomic E-state index is -0.422. The van der Waals surface area contributed by atoms with Gasteiger partial charge in [0.15, 0.2) is 0 Å². The third kappa shape index (κ3) is 2.48. The first-order valence-electron chi connectivity index (χ1n) is 4.90. The molecule has 0 saturated carbocycles. The Morgan fingerprint density at radius 3 is 2.36 bits per heavy atom. The van der Waals surface area contributed by atoms with Gasteiger partial charge in [-0.05, 0) is 44.4 Å². The maximum atomic E-state index is 9.14. The van der Waals surface area contributed by atoms with Crippen molar-refractivity contribution in [3.63, 3.8) is 0 Å². The molecule has 0 bridgehead atoms. The molecule has 78 valence electrons. The van der Waals surface area contributed by atoms with E-state index < -0.39 is 6.10 Å². The largest absolute Gasteiger partial charge is 0.490 e. The van der Waals surface area contributed by atoms with Gasteiger partial charge in [0, 0.05) is 0 Å². The Morgan fingerprint density at radius 1 is 1.21 bits per heavy atom. The minimum absolute atomic E-state index is 0.352. The molecular formula is C12H18O2. The van der Waals surface area contributed by atoms with Crippen LogP contribution in [0.15, 0.2) is 12.1 Å². The van der Waals surface area contributed by atoms with E-state index in [2.05, 4.69) is 13.0 Å². The first kappa shape index (κ1) is 11.1. The summed E-state index contributed by atoms with van der Waals surface area (Å²) in [6.45, 7) is 8.19. The van der Waals surface area contributed by atoms with E-state index in [1.54, 1.807) is 6.92 Å². The maximum absolute atomic E-state index is 9.14. The molecule has 0 spiro atoms. The van der Waals surface area contributed by atoms with Crippen LogP contribution < -0.4 is 4.74 Å². The molecule has 0 amide bonds. The standard InChI is InChI=1S/C12H18O2/c1-8-5-6-9(2)12(11(8)4)14-7-10(3)13/h5-6,10,13H,7H2,1-4H3/t10-/m0/s1. The number of hydrogen-bond donors (Lipinski definition) is 1. The third-order valence-corrected chi connectivity index (χ3v) is 2.34. The van der Waals surface area contributed by atoms with Crippen molar-refractivity contribution in [1.82, 2.24) is 0 Å². The molecule has 0 fully saturated rings. The van der Waals surface area contributed by atoms with Crippen LogP contribution >= 0.6 is 0 Å². The van der Waals surface area contributed by atoms with Gasteiger partial charge in [-0.25, -0.2) is 0 Å². The van der Waals surface area contributed by atoms with Gasteiger partial charge in [0.05, 0.1) is 6.10 Å². The second kappa shape index (κ2) is 4.47. The predicted octanol–water partition coefficient (Wildman–Crippen LogP) is 2.37. The molecule has 14 heavy (non-hydrogen) atoms. The van der Waals surface area contributed by atoms with Crippen LogP contribution in [-0.2, 0) is 0 Å². The van der Waals surface area contributed by atoms with E-state index in [9.17, 15) is 0 Å². The van der Waals surface area contributed by atoms with Crippen molar-refractivity contribution in [2.75, 3.05) is 6.61 Å². The van der Waals surface area contributed by atoms with Gasteiger partial charge in [-0.3, -0.25) is 0 Å². The number of aliphatic hydroxyl groups is 1. The Kier molecular flexibility index (Phi) is 3.53. The predicted molar refractivity (Wildman–Crippen MR) is 57.8 cm³/mol. The fourth-order valence-electron chi connectivity index (χ4n) is 1.35. The van der Waals surface area contributed by atoms with Crippen LogP contribution in [0, 0.1) is 20.8 Å². The summed E-state index contributed by atoms with van der Waals surface area (Å²) in [5, 5.41) is 9.14. The Bertz CT molecular complexity index is 316. The summed E-state index contributed by atoms with van der Waals surface area (Å²) in [7, 11) is 0. The quantitative estimate of drug-likeness (QED) is 0.800. The van der Waals surface area contributed by atoms with Crippen LogP contribution in [0.4, 0.5) is 0 Å². The molecular weight excluding hydrogens is 176 g/mol. The zero-order chi connectivity index (χ0) is 10.7. The molecule has 0 aromatic heterocycles. The summed E-state index contributed by atoms with van der Waals surface area (Å²) >= 11 is 0. The average molecular weight is 194 g/mol. The molecule has 0 radical (unpaired) electrons. The fraction of sp³-hybridized carbons (Fsp3) is 0.500.